The van der Waals surface area contributed by atoms with Crippen LogP contribution >= 0.6 is 0 Å². The normalized spacial score (nSPS) is 23.1. The minimum atomic E-state index is -0.430. The number of hydrogen-bond donors (Lipinski definition) is 3. The van der Waals surface area contributed by atoms with Gasteiger partial charge in [0.15, 0.2) is 0 Å². The summed E-state index contributed by atoms with van der Waals surface area (Å²) < 4.78 is 0. The molecule has 0 spiro atoms. The molecule has 0 aliphatic heterocycles. The summed E-state index contributed by atoms with van der Waals surface area (Å²) in [6.45, 7) is 0.776. The molecule has 106 valence electrons. The number of nitrogens with one attached hydrogen (secondary N) is 1. The summed E-state index contributed by atoms with van der Waals surface area (Å²) in [6, 6.07) is 5.49. The average molecular weight is 272 g/mol. The third kappa shape index (κ3) is 2.29. The molecule has 1 aliphatic carbocycles. The number of hydrogen-bond acceptors (Lipinski definition) is 3. The van der Waals surface area contributed by atoms with Crippen molar-refractivity contribution in [3.8, 4) is 0 Å². The van der Waals surface area contributed by atoms with Gasteiger partial charge in [-0.25, -0.2) is 4.98 Å². The highest BCUT2D eigenvalue weighted by molar-refractivity contribution is 6.04. The molecule has 0 atom stereocenters. The van der Waals surface area contributed by atoms with Crippen LogP contribution in [0.3, 0.4) is 0 Å². The number of aromatic amines is 1. The Labute approximate surface area is 117 Å². The van der Waals surface area contributed by atoms with Gasteiger partial charge in [-0.1, -0.05) is 6.07 Å². The molecule has 0 radical (unpaired) electrons. The van der Waals surface area contributed by atoms with E-state index in [-0.39, 0.29) is 0 Å². The van der Waals surface area contributed by atoms with Crippen LogP contribution in [0, 0.1) is 5.92 Å². The Hall–Kier alpha value is -1.88. The fraction of sp³-hybridized carbons (Fsp3) is 0.467. The first-order valence-electron chi connectivity index (χ1n) is 7.17. The highest BCUT2D eigenvalue weighted by atomic mass is 16.1. The van der Waals surface area contributed by atoms with Gasteiger partial charge in [-0.15, -0.1) is 0 Å². The molecule has 1 fully saturated rings. The van der Waals surface area contributed by atoms with E-state index in [1.807, 2.05) is 12.1 Å². The molecule has 1 saturated carbocycles. The minimum Gasteiger partial charge on any atom is -0.366 e. The zero-order valence-corrected chi connectivity index (χ0v) is 11.4. The van der Waals surface area contributed by atoms with Gasteiger partial charge in [0.05, 0.1) is 11.1 Å². The van der Waals surface area contributed by atoms with E-state index in [1.54, 1.807) is 6.07 Å². The second-order valence-corrected chi connectivity index (χ2v) is 5.64. The molecule has 1 aliphatic rings. The van der Waals surface area contributed by atoms with Crippen LogP contribution in [-0.4, -0.2) is 22.4 Å². The number of carbonyl (C=O) groups is 1. The van der Waals surface area contributed by atoms with Gasteiger partial charge >= 0.3 is 0 Å². The summed E-state index contributed by atoms with van der Waals surface area (Å²) in [5.74, 6) is 1.63. The lowest BCUT2D eigenvalue weighted by atomic mass is 9.82. The molecule has 5 N–H and O–H groups in total. The lowest BCUT2D eigenvalue weighted by Gasteiger charge is -2.26. The SMILES string of the molecule is NC[C@H]1CC[C@H](c2nc3c(C(N)=O)cccc3[nH]2)CC1. The van der Waals surface area contributed by atoms with E-state index in [4.69, 9.17) is 11.5 Å². The summed E-state index contributed by atoms with van der Waals surface area (Å²) in [4.78, 5) is 19.4. The predicted molar refractivity (Wildman–Crippen MR) is 78.4 cm³/mol. The largest absolute Gasteiger partial charge is 0.366 e. The third-order valence-corrected chi connectivity index (χ3v) is 4.36. The number of nitrogens with zero attached hydrogens (tertiary/aromatic N) is 1. The van der Waals surface area contributed by atoms with Crippen LogP contribution in [0.15, 0.2) is 18.2 Å². The number of H-pyrrole nitrogens is 1. The standard InChI is InChI=1S/C15H20N4O/c16-8-9-4-6-10(7-5-9)15-18-12-3-1-2-11(14(17)20)13(12)19-15/h1-3,9-10H,4-8,16H2,(H2,17,20)(H,18,19)/t9-,10-. The lowest BCUT2D eigenvalue weighted by molar-refractivity contribution is 0.100. The van der Waals surface area contributed by atoms with Crippen molar-refractivity contribution in [3.63, 3.8) is 0 Å². The van der Waals surface area contributed by atoms with Crippen molar-refractivity contribution in [2.45, 2.75) is 31.6 Å². The Balaban J connectivity index is 1.90. The first-order valence-corrected chi connectivity index (χ1v) is 7.17. The maximum Gasteiger partial charge on any atom is 0.250 e. The Bertz CT molecular complexity index is 626. The number of fused-ring (bicyclic) bond motifs is 1. The summed E-state index contributed by atoms with van der Waals surface area (Å²) in [7, 11) is 0. The molecule has 3 rings (SSSR count). The molecule has 1 aromatic carbocycles. The van der Waals surface area contributed by atoms with Gasteiger partial charge in [0, 0.05) is 5.92 Å². The van der Waals surface area contributed by atoms with Crippen LogP contribution < -0.4 is 11.5 Å². The van der Waals surface area contributed by atoms with E-state index >= 15 is 0 Å². The molecule has 0 saturated heterocycles. The number of carbonyl (C=O) groups excluding carboxylic acids is 1. The summed E-state index contributed by atoms with van der Waals surface area (Å²) in [5, 5.41) is 0. The smallest absolute Gasteiger partial charge is 0.250 e. The first-order chi connectivity index (χ1) is 9.69. The Morgan fingerprint density at radius 1 is 1.30 bits per heavy atom. The second kappa shape index (κ2) is 5.25. The fourth-order valence-electron chi connectivity index (χ4n) is 3.11. The Morgan fingerprint density at radius 3 is 2.70 bits per heavy atom. The van der Waals surface area contributed by atoms with Crippen LogP contribution in [0.1, 0.15) is 47.8 Å². The molecule has 5 nitrogen and oxygen atoms in total. The van der Waals surface area contributed by atoms with E-state index in [0.29, 0.717) is 22.9 Å². The topological polar surface area (TPSA) is 97.8 Å². The van der Waals surface area contributed by atoms with E-state index in [1.165, 1.54) is 0 Å². The molecular formula is C15H20N4O. The number of para-hydroxylation sites is 1. The highest BCUT2D eigenvalue weighted by Crippen LogP contribution is 2.35. The van der Waals surface area contributed by atoms with Crippen LogP contribution in [0.2, 0.25) is 0 Å². The van der Waals surface area contributed by atoms with E-state index in [0.717, 1.165) is 43.6 Å². The van der Waals surface area contributed by atoms with E-state index in [9.17, 15) is 4.79 Å². The van der Waals surface area contributed by atoms with Crippen molar-refractivity contribution >= 4 is 16.9 Å². The number of benzene rings is 1. The Morgan fingerprint density at radius 2 is 2.05 bits per heavy atom. The monoisotopic (exact) mass is 272 g/mol. The molecule has 2 aromatic rings. The summed E-state index contributed by atoms with van der Waals surface area (Å²) in [5.41, 5.74) is 13.2. The molecular weight excluding hydrogens is 252 g/mol. The maximum atomic E-state index is 11.4. The zero-order chi connectivity index (χ0) is 14.1. The van der Waals surface area contributed by atoms with Crippen molar-refractivity contribution < 1.29 is 4.79 Å². The first kappa shape index (κ1) is 13.1. The predicted octanol–water partition coefficient (Wildman–Crippen LogP) is 1.89. The third-order valence-electron chi connectivity index (χ3n) is 4.36. The lowest BCUT2D eigenvalue weighted by Crippen LogP contribution is -2.21. The highest BCUT2D eigenvalue weighted by Gasteiger charge is 2.24. The Kier molecular flexibility index (Phi) is 3.44. The number of rotatable bonds is 3. The molecule has 5 heteroatoms. The van der Waals surface area contributed by atoms with Crippen LogP contribution in [0.25, 0.3) is 11.0 Å². The van der Waals surface area contributed by atoms with Crippen LogP contribution in [-0.2, 0) is 0 Å². The number of primary amides is 1. The second-order valence-electron chi connectivity index (χ2n) is 5.64. The molecule has 1 aromatic heterocycles. The van der Waals surface area contributed by atoms with E-state index in [2.05, 4.69) is 9.97 Å². The molecule has 0 unspecified atom stereocenters. The summed E-state index contributed by atoms with van der Waals surface area (Å²) in [6.07, 6.45) is 4.52. The quantitative estimate of drug-likeness (QED) is 0.795. The van der Waals surface area contributed by atoms with Crippen LogP contribution in [0.5, 0.6) is 0 Å². The number of amides is 1. The van der Waals surface area contributed by atoms with Gasteiger partial charge in [0.1, 0.15) is 11.3 Å². The molecule has 0 bridgehead atoms. The van der Waals surface area contributed by atoms with Gasteiger partial charge in [0.25, 0.3) is 5.91 Å². The van der Waals surface area contributed by atoms with Crippen molar-refractivity contribution in [2.75, 3.05) is 6.54 Å². The maximum absolute atomic E-state index is 11.4. The van der Waals surface area contributed by atoms with Crippen molar-refractivity contribution in [3.05, 3.63) is 29.6 Å². The number of nitrogens with two attached hydrogens (primary N) is 2. The number of aromatic nitrogens is 2. The van der Waals surface area contributed by atoms with Crippen molar-refractivity contribution in [2.24, 2.45) is 17.4 Å². The fourth-order valence-corrected chi connectivity index (χ4v) is 3.11. The van der Waals surface area contributed by atoms with Crippen molar-refractivity contribution in [1.82, 2.24) is 9.97 Å². The minimum absolute atomic E-state index is 0.430. The van der Waals surface area contributed by atoms with Crippen molar-refractivity contribution in [1.29, 1.82) is 0 Å². The van der Waals surface area contributed by atoms with Gasteiger partial charge in [0.2, 0.25) is 0 Å². The van der Waals surface area contributed by atoms with Gasteiger partial charge in [-0.3, -0.25) is 4.79 Å². The molecule has 1 heterocycles. The molecule has 1 amide bonds. The number of imidazole rings is 1. The van der Waals surface area contributed by atoms with Gasteiger partial charge in [-0.2, -0.15) is 0 Å². The van der Waals surface area contributed by atoms with Crippen LogP contribution in [0.4, 0.5) is 0 Å². The average Bonchev–Trinajstić information content (AvgIpc) is 2.90. The zero-order valence-electron chi connectivity index (χ0n) is 11.4. The van der Waals surface area contributed by atoms with Gasteiger partial charge < -0.3 is 16.5 Å². The van der Waals surface area contributed by atoms with Gasteiger partial charge in [-0.05, 0) is 50.3 Å². The summed E-state index contributed by atoms with van der Waals surface area (Å²) >= 11 is 0. The van der Waals surface area contributed by atoms with E-state index < -0.39 is 5.91 Å². The molecule has 20 heavy (non-hydrogen) atoms.